The van der Waals surface area contributed by atoms with Gasteiger partial charge in [-0.1, -0.05) is 0 Å². The van der Waals surface area contributed by atoms with Crippen molar-refractivity contribution >= 4 is 83.9 Å². The molecular formula is H6BrNa2O4P. The number of rotatable bonds is 0. The summed E-state index contributed by atoms with van der Waals surface area (Å²) in [6.07, 6.45) is 0. The van der Waals surface area contributed by atoms with Crippen LogP contribution in [0.3, 0.4) is 0 Å². The summed E-state index contributed by atoms with van der Waals surface area (Å²) in [5, 5.41) is 0. The van der Waals surface area contributed by atoms with Crippen molar-refractivity contribution in [1.82, 2.24) is 0 Å². The fourth-order valence-electron chi connectivity index (χ4n) is 0. The summed E-state index contributed by atoms with van der Waals surface area (Å²) in [6, 6.07) is 0. The van der Waals surface area contributed by atoms with Crippen LogP contribution in [-0.4, -0.2) is 73.8 Å². The molecule has 3 N–H and O–H groups in total. The van der Waals surface area contributed by atoms with Gasteiger partial charge in [0.1, 0.15) is 0 Å². The molecule has 4 nitrogen and oxygen atoms in total. The Morgan fingerprint density at radius 3 is 1.00 bits per heavy atom. The van der Waals surface area contributed by atoms with Crippen molar-refractivity contribution in [3.05, 3.63) is 0 Å². The van der Waals surface area contributed by atoms with Crippen molar-refractivity contribution in [2.75, 3.05) is 0 Å². The molecule has 44 valence electrons. The summed E-state index contributed by atoms with van der Waals surface area (Å²) >= 11 is 0. The summed E-state index contributed by atoms with van der Waals surface area (Å²) < 4.78 is 8.88. The van der Waals surface area contributed by atoms with Gasteiger partial charge in [-0.2, -0.15) is 0 Å². The summed E-state index contributed by atoms with van der Waals surface area (Å²) in [5.74, 6) is 0. The molecular weight excluding hydrogens is 221 g/mol. The van der Waals surface area contributed by atoms with E-state index in [0.717, 1.165) is 0 Å². The molecule has 0 amide bonds. The van der Waals surface area contributed by atoms with Gasteiger partial charge < -0.3 is 14.7 Å². The average Bonchev–Trinajstić information content (AvgIpc) is 0.722. The van der Waals surface area contributed by atoms with Gasteiger partial charge in [0, 0.05) is 0 Å². The third-order valence-corrected chi connectivity index (χ3v) is 0. The van der Waals surface area contributed by atoms with E-state index in [1.807, 2.05) is 0 Å². The van der Waals surface area contributed by atoms with Crippen LogP contribution in [0, 0.1) is 0 Å². The first kappa shape index (κ1) is 22.4. The van der Waals surface area contributed by atoms with Gasteiger partial charge >= 0.3 is 66.9 Å². The van der Waals surface area contributed by atoms with Gasteiger partial charge in [-0.05, 0) is 0 Å². The van der Waals surface area contributed by atoms with Crippen LogP contribution >= 0.6 is 24.8 Å². The van der Waals surface area contributed by atoms with Gasteiger partial charge in [0.05, 0.1) is 0 Å². The Balaban J connectivity index is -0.0000000267. The molecule has 8 heavy (non-hydrogen) atoms. The monoisotopic (exact) mass is 226 g/mol. The maximum absolute atomic E-state index is 8.88. The molecule has 0 fully saturated rings. The molecule has 0 heterocycles. The van der Waals surface area contributed by atoms with E-state index in [2.05, 4.69) is 0 Å². The predicted molar refractivity (Wildman–Crippen MR) is 38.9 cm³/mol. The Kier molecular flexibility index (Phi) is 26.9. The molecule has 0 aromatic rings. The van der Waals surface area contributed by atoms with Gasteiger partial charge in [0.2, 0.25) is 0 Å². The molecule has 0 rings (SSSR count). The van der Waals surface area contributed by atoms with Gasteiger partial charge in [0.15, 0.2) is 0 Å². The minimum absolute atomic E-state index is 0. The summed E-state index contributed by atoms with van der Waals surface area (Å²) in [6.45, 7) is 0. The van der Waals surface area contributed by atoms with Gasteiger partial charge in [0.25, 0.3) is 0 Å². The molecule has 0 unspecified atom stereocenters. The van der Waals surface area contributed by atoms with E-state index in [-0.39, 0.29) is 76.1 Å². The van der Waals surface area contributed by atoms with E-state index >= 15 is 0 Å². The molecule has 0 saturated carbocycles. The van der Waals surface area contributed by atoms with Crippen LogP contribution in [0.4, 0.5) is 0 Å². The number of halogens is 1. The normalized spacial score (nSPS) is 7.38. The third kappa shape index (κ3) is 73.8. The number of hydrogen-bond acceptors (Lipinski definition) is 1. The van der Waals surface area contributed by atoms with Crippen molar-refractivity contribution < 1.29 is 19.2 Å². The average molecular weight is 227 g/mol. The standard InChI is InChI=1S/BrH.2Na.H3O4P.2H/c;;;1-5(2,3)4;;/h1H;;;(H3,1,2,3,4);;. The fraction of sp³-hybridized carbons (Fsp3) is 0. The van der Waals surface area contributed by atoms with E-state index in [9.17, 15) is 0 Å². The molecule has 0 aromatic heterocycles. The molecule has 0 aliphatic heterocycles. The second-order valence-electron chi connectivity index (χ2n) is 0.513. The van der Waals surface area contributed by atoms with Crippen LogP contribution in [0.15, 0.2) is 0 Å². The van der Waals surface area contributed by atoms with Crippen LogP contribution in [0.5, 0.6) is 0 Å². The van der Waals surface area contributed by atoms with Crippen molar-refractivity contribution in [2.45, 2.75) is 0 Å². The van der Waals surface area contributed by atoms with E-state index < -0.39 is 7.82 Å². The molecule has 0 saturated heterocycles. The zero-order valence-electron chi connectivity index (χ0n) is 2.61. The fourth-order valence-corrected chi connectivity index (χ4v) is 0. The predicted octanol–water partition coefficient (Wildman–Crippen LogP) is -1.65. The third-order valence-electron chi connectivity index (χ3n) is 0. The molecule has 0 spiro atoms. The van der Waals surface area contributed by atoms with E-state index in [1.54, 1.807) is 0 Å². The summed E-state index contributed by atoms with van der Waals surface area (Å²) in [4.78, 5) is 21.6. The van der Waals surface area contributed by atoms with Crippen molar-refractivity contribution in [1.29, 1.82) is 0 Å². The van der Waals surface area contributed by atoms with Crippen molar-refractivity contribution in [2.24, 2.45) is 0 Å². The van der Waals surface area contributed by atoms with Crippen LogP contribution in [0.2, 0.25) is 0 Å². The molecule has 0 aliphatic carbocycles. The quantitative estimate of drug-likeness (QED) is 0.342. The number of hydrogen-bond donors (Lipinski definition) is 3. The molecule has 0 aromatic carbocycles. The SMILES string of the molecule is Br.O=P(O)(O)O.[NaH].[NaH]. The Morgan fingerprint density at radius 2 is 1.00 bits per heavy atom. The minimum atomic E-state index is -4.64. The second-order valence-corrected chi connectivity index (χ2v) is 1.54. The van der Waals surface area contributed by atoms with Crippen LogP contribution in [-0.2, 0) is 4.57 Å². The first-order valence-corrected chi connectivity index (χ1v) is 2.35. The zero-order valence-corrected chi connectivity index (χ0v) is 5.21. The van der Waals surface area contributed by atoms with E-state index in [4.69, 9.17) is 19.2 Å². The molecule has 0 radical (unpaired) electrons. The maximum atomic E-state index is 8.88. The Morgan fingerprint density at radius 1 is 1.00 bits per heavy atom. The number of phosphoric acid groups is 1. The molecule has 0 atom stereocenters. The van der Waals surface area contributed by atoms with E-state index in [0.29, 0.717) is 0 Å². The zero-order chi connectivity index (χ0) is 4.50. The van der Waals surface area contributed by atoms with Crippen molar-refractivity contribution in [3.63, 3.8) is 0 Å². The molecule has 8 heteroatoms. The van der Waals surface area contributed by atoms with Gasteiger partial charge in [-0.3, -0.25) is 0 Å². The first-order valence-electron chi connectivity index (χ1n) is 0.783. The Bertz CT molecular complexity index is 60.2. The topological polar surface area (TPSA) is 77.8 Å². The van der Waals surface area contributed by atoms with Crippen molar-refractivity contribution in [3.8, 4) is 0 Å². The van der Waals surface area contributed by atoms with Crippen LogP contribution in [0.25, 0.3) is 0 Å². The summed E-state index contributed by atoms with van der Waals surface area (Å²) in [5.41, 5.74) is 0. The Labute approximate surface area is 102 Å². The van der Waals surface area contributed by atoms with Gasteiger partial charge in [-0.25, -0.2) is 4.57 Å². The second kappa shape index (κ2) is 9.59. The van der Waals surface area contributed by atoms with Crippen LogP contribution in [0.1, 0.15) is 0 Å². The van der Waals surface area contributed by atoms with E-state index in [1.165, 1.54) is 0 Å². The summed E-state index contributed by atoms with van der Waals surface area (Å²) in [7, 11) is -4.64. The molecule has 0 bridgehead atoms. The first-order chi connectivity index (χ1) is 2.00. The Hall–Kier alpha value is 2.59. The van der Waals surface area contributed by atoms with Gasteiger partial charge in [-0.15, -0.1) is 17.0 Å². The van der Waals surface area contributed by atoms with Crippen LogP contribution < -0.4 is 0 Å². The molecule has 0 aliphatic rings.